The van der Waals surface area contributed by atoms with Crippen molar-refractivity contribution in [2.45, 2.75) is 83.0 Å². The van der Waals surface area contributed by atoms with Crippen LogP contribution in [0.4, 0.5) is 23.7 Å². The quantitative estimate of drug-likeness (QED) is 0.418. The number of alkyl halides is 3. The summed E-state index contributed by atoms with van der Waals surface area (Å²) in [7, 11) is 0. The maximum atomic E-state index is 14.4. The smallest absolute Gasteiger partial charge is 0.416 e. The maximum absolute atomic E-state index is 14.4. The summed E-state index contributed by atoms with van der Waals surface area (Å²) in [6.45, 7) is 8.53. The van der Waals surface area contributed by atoms with Crippen LogP contribution in [0.3, 0.4) is 0 Å². The zero-order valence-electron chi connectivity index (χ0n) is 26.7. The lowest BCUT2D eigenvalue weighted by Gasteiger charge is -2.41. The molecule has 0 bridgehead atoms. The van der Waals surface area contributed by atoms with Crippen molar-refractivity contribution >= 4 is 29.0 Å². The first-order chi connectivity index (χ1) is 22.2. The Bertz CT molecular complexity index is 1880. The van der Waals surface area contributed by atoms with Crippen LogP contribution >= 0.6 is 0 Å². The molecular formula is C33H37F3N6O5. The predicted octanol–water partition coefficient (Wildman–Crippen LogP) is 5.05. The van der Waals surface area contributed by atoms with Gasteiger partial charge in [-0.25, -0.2) is 4.79 Å². The topological polar surface area (TPSA) is 120 Å². The maximum Gasteiger partial charge on any atom is 0.416 e. The third-order valence-corrected chi connectivity index (χ3v) is 9.82. The zero-order chi connectivity index (χ0) is 33.5. The van der Waals surface area contributed by atoms with Gasteiger partial charge in [0.15, 0.2) is 5.82 Å². The van der Waals surface area contributed by atoms with Gasteiger partial charge >= 0.3 is 12.3 Å². The fourth-order valence-electron chi connectivity index (χ4n) is 7.59. The molecule has 1 spiro atoms. The molecule has 7 rings (SSSR count). The molecule has 2 atom stereocenters. The first-order valence-corrected chi connectivity index (χ1v) is 15.9. The van der Waals surface area contributed by atoms with Crippen molar-refractivity contribution in [3.8, 4) is 0 Å². The van der Waals surface area contributed by atoms with Crippen LogP contribution in [0.15, 0.2) is 29.1 Å². The lowest BCUT2D eigenvalue weighted by atomic mass is 9.71. The number of aromatic nitrogens is 4. The number of nitrogens with zero attached hydrogens (tertiary/aromatic N) is 5. The minimum atomic E-state index is -4.50. The van der Waals surface area contributed by atoms with Crippen LogP contribution < -0.4 is 10.9 Å². The Balaban J connectivity index is 1.27. The number of benzene rings is 1. The van der Waals surface area contributed by atoms with E-state index in [4.69, 9.17) is 14.5 Å². The van der Waals surface area contributed by atoms with Crippen molar-refractivity contribution < 1.29 is 32.2 Å². The van der Waals surface area contributed by atoms with Gasteiger partial charge < -0.3 is 24.3 Å². The van der Waals surface area contributed by atoms with E-state index in [9.17, 15) is 27.6 Å². The molecule has 2 unspecified atom stereocenters. The second kappa shape index (κ2) is 10.9. The second-order valence-electron chi connectivity index (χ2n) is 14.0. The average molecular weight is 655 g/mol. The molecule has 1 aromatic carbocycles. The van der Waals surface area contributed by atoms with Gasteiger partial charge in [0.25, 0.3) is 5.56 Å². The van der Waals surface area contributed by atoms with Gasteiger partial charge in [0.2, 0.25) is 11.7 Å². The number of nitrogens with one attached hydrogen (secondary N) is 1. The van der Waals surface area contributed by atoms with Gasteiger partial charge in [0, 0.05) is 41.4 Å². The number of amides is 2. The number of halogens is 3. The van der Waals surface area contributed by atoms with E-state index in [2.05, 4.69) is 10.4 Å². The number of hydrogen-bond donors (Lipinski definition) is 1. The van der Waals surface area contributed by atoms with E-state index >= 15 is 0 Å². The molecule has 4 heterocycles. The molecule has 2 aliphatic heterocycles. The molecule has 11 nitrogen and oxygen atoms in total. The Morgan fingerprint density at radius 1 is 1.17 bits per heavy atom. The van der Waals surface area contributed by atoms with Crippen molar-refractivity contribution in [1.29, 1.82) is 0 Å². The monoisotopic (exact) mass is 654 g/mol. The Hall–Kier alpha value is -4.20. The van der Waals surface area contributed by atoms with Gasteiger partial charge in [-0.2, -0.15) is 22.7 Å². The number of anilines is 1. The van der Waals surface area contributed by atoms with E-state index in [0.717, 1.165) is 29.8 Å². The third-order valence-electron chi connectivity index (χ3n) is 9.82. The SMILES string of the molecule is Cc1cc(C(F)(F)F)ccc1NC(=O)Cn1c2c(c(=O)n3nc(C4=CCOCC4)nc13)C1(CCN(C(=O)OC(C)(C)C)CC1)C1CC21. The standard InChI is InChI=1S/C33H37F3N6O5/c1-18-15-20(33(34,35)36)5-6-23(18)37-24(43)17-41-26-21-16-22(21)32(9-11-40(12-10-32)30(45)47-31(2,3)4)25(26)28(44)42-29(41)38-27(39-42)19-7-13-46-14-8-19/h5-7,15,21-22H,8-14,16-17H2,1-4H3,(H,37,43). The summed E-state index contributed by atoms with van der Waals surface area (Å²) in [4.78, 5) is 47.3. The molecule has 14 heteroatoms. The van der Waals surface area contributed by atoms with Gasteiger partial charge in [-0.15, -0.1) is 5.10 Å². The van der Waals surface area contributed by atoms with Crippen molar-refractivity contribution in [3.05, 3.63) is 62.8 Å². The molecule has 1 saturated carbocycles. The number of carbonyl (C=O) groups is 2. The van der Waals surface area contributed by atoms with E-state index in [1.807, 2.05) is 26.8 Å². The molecule has 2 amide bonds. The van der Waals surface area contributed by atoms with Crippen LogP contribution in [-0.4, -0.2) is 68.0 Å². The molecule has 3 aromatic rings. The number of hydrogen-bond acceptors (Lipinski definition) is 7. The highest BCUT2D eigenvalue weighted by Gasteiger charge is 2.64. The summed E-state index contributed by atoms with van der Waals surface area (Å²) < 4.78 is 53.8. The number of rotatable bonds is 4. The minimum absolute atomic E-state index is 0.0406. The Labute approximate surface area is 268 Å². The summed E-state index contributed by atoms with van der Waals surface area (Å²) in [5.41, 5.74) is 0.583. The first kappa shape index (κ1) is 31.4. The highest BCUT2D eigenvalue weighted by atomic mass is 19.4. The van der Waals surface area contributed by atoms with Crippen LogP contribution in [0.1, 0.15) is 80.6 Å². The number of carbonyl (C=O) groups excluding carboxylic acids is 2. The van der Waals surface area contributed by atoms with Crippen LogP contribution in [-0.2, 0) is 32.4 Å². The highest BCUT2D eigenvalue weighted by molar-refractivity contribution is 5.91. The van der Waals surface area contributed by atoms with Gasteiger partial charge in [0.1, 0.15) is 12.1 Å². The van der Waals surface area contributed by atoms with Crippen LogP contribution in [0.5, 0.6) is 0 Å². The molecule has 1 N–H and O–H groups in total. The fraction of sp³-hybridized carbons (Fsp3) is 0.545. The minimum Gasteiger partial charge on any atom is -0.444 e. The molecule has 4 aliphatic rings. The number of aryl methyl sites for hydroxylation is 1. The van der Waals surface area contributed by atoms with E-state index in [1.54, 1.807) is 9.47 Å². The van der Waals surface area contributed by atoms with E-state index in [-0.39, 0.29) is 47.1 Å². The largest absolute Gasteiger partial charge is 0.444 e. The number of ether oxygens (including phenoxy) is 2. The van der Waals surface area contributed by atoms with Crippen molar-refractivity contribution in [2.24, 2.45) is 5.92 Å². The van der Waals surface area contributed by atoms with Gasteiger partial charge in [-0.3, -0.25) is 9.59 Å². The Morgan fingerprint density at radius 3 is 2.55 bits per heavy atom. The lowest BCUT2D eigenvalue weighted by Crippen LogP contribution is -2.49. The van der Waals surface area contributed by atoms with E-state index in [0.29, 0.717) is 57.0 Å². The molecule has 2 aromatic heterocycles. The highest BCUT2D eigenvalue weighted by Crippen LogP contribution is 2.67. The van der Waals surface area contributed by atoms with Gasteiger partial charge in [-0.05, 0) is 88.6 Å². The molecule has 0 radical (unpaired) electrons. The molecular weight excluding hydrogens is 617 g/mol. The number of likely N-dealkylation sites (tertiary alicyclic amines) is 1. The van der Waals surface area contributed by atoms with Gasteiger partial charge in [-0.1, -0.05) is 6.08 Å². The van der Waals surface area contributed by atoms with Gasteiger partial charge in [0.05, 0.1) is 18.8 Å². The number of fused-ring (bicyclic) bond motifs is 6. The molecule has 47 heavy (non-hydrogen) atoms. The van der Waals surface area contributed by atoms with E-state index in [1.165, 1.54) is 17.5 Å². The summed E-state index contributed by atoms with van der Waals surface area (Å²) >= 11 is 0. The Kier molecular flexibility index (Phi) is 7.30. The molecule has 2 aliphatic carbocycles. The van der Waals surface area contributed by atoms with Crippen molar-refractivity contribution in [3.63, 3.8) is 0 Å². The Morgan fingerprint density at radius 2 is 1.91 bits per heavy atom. The molecule has 1 saturated heterocycles. The van der Waals surface area contributed by atoms with Crippen LogP contribution in [0, 0.1) is 12.8 Å². The van der Waals surface area contributed by atoms with E-state index < -0.39 is 28.7 Å². The van der Waals surface area contributed by atoms with Crippen LogP contribution in [0.25, 0.3) is 11.4 Å². The number of piperidine rings is 1. The van der Waals surface area contributed by atoms with Crippen molar-refractivity contribution in [2.75, 3.05) is 31.6 Å². The fourth-order valence-corrected chi connectivity index (χ4v) is 7.59. The normalized spacial score (nSPS) is 21.8. The van der Waals surface area contributed by atoms with Crippen LogP contribution in [0.2, 0.25) is 0 Å². The first-order valence-electron chi connectivity index (χ1n) is 15.9. The van der Waals surface area contributed by atoms with Crippen molar-refractivity contribution in [1.82, 2.24) is 24.1 Å². The summed E-state index contributed by atoms with van der Waals surface area (Å²) in [5, 5.41) is 7.40. The zero-order valence-corrected chi connectivity index (χ0v) is 26.7. The lowest BCUT2D eigenvalue weighted by molar-refractivity contribution is -0.137. The summed E-state index contributed by atoms with van der Waals surface area (Å²) in [6, 6.07) is 3.19. The second-order valence-corrected chi connectivity index (χ2v) is 14.0. The molecule has 250 valence electrons. The summed E-state index contributed by atoms with van der Waals surface area (Å²) in [6.07, 6.45) is -0.436. The third kappa shape index (κ3) is 5.49. The predicted molar refractivity (Wildman–Crippen MR) is 165 cm³/mol. The molecule has 2 fully saturated rings. The summed E-state index contributed by atoms with van der Waals surface area (Å²) in [5.74, 6) is 0.390. The average Bonchev–Trinajstić information content (AvgIpc) is 3.60.